The van der Waals surface area contributed by atoms with Crippen molar-refractivity contribution in [2.45, 2.75) is 26.1 Å². The van der Waals surface area contributed by atoms with Gasteiger partial charge in [0.2, 0.25) is 0 Å². The Balaban J connectivity index is 1.98. The molecule has 0 aliphatic carbocycles. The molecule has 0 amide bonds. The van der Waals surface area contributed by atoms with Gasteiger partial charge >= 0.3 is 6.18 Å². The van der Waals surface area contributed by atoms with Gasteiger partial charge in [0.15, 0.2) is 0 Å². The average Bonchev–Trinajstić information content (AvgIpc) is 2.51. The second kappa shape index (κ2) is 7.86. The van der Waals surface area contributed by atoms with Crippen LogP contribution in [-0.2, 0) is 10.9 Å². The summed E-state index contributed by atoms with van der Waals surface area (Å²) in [5, 5.41) is 12.1. The predicted octanol–water partition coefficient (Wildman–Crippen LogP) is 3.35. The molecule has 2 rings (SSSR count). The van der Waals surface area contributed by atoms with E-state index in [-0.39, 0.29) is 11.7 Å². The Hall–Kier alpha value is -1.78. The van der Waals surface area contributed by atoms with Crippen LogP contribution in [0, 0.1) is 17.2 Å². The highest BCUT2D eigenvalue weighted by Crippen LogP contribution is 2.31. The highest BCUT2D eigenvalue weighted by Gasteiger charge is 2.31. The fourth-order valence-corrected chi connectivity index (χ4v) is 2.78. The minimum absolute atomic E-state index is 0.0142. The number of nitriles is 1. The quantitative estimate of drug-likeness (QED) is 0.892. The van der Waals surface area contributed by atoms with Crippen LogP contribution in [0.25, 0.3) is 0 Å². The molecule has 1 N–H and O–H groups in total. The molecule has 1 aliphatic rings. The van der Waals surface area contributed by atoms with E-state index in [0.717, 1.165) is 31.8 Å². The van der Waals surface area contributed by atoms with E-state index >= 15 is 0 Å². The van der Waals surface area contributed by atoms with Crippen molar-refractivity contribution in [2.24, 2.45) is 5.92 Å². The molecule has 1 aliphatic heterocycles. The molecule has 1 aromatic rings. The van der Waals surface area contributed by atoms with E-state index in [1.54, 1.807) is 0 Å². The predicted molar refractivity (Wildman–Crippen MR) is 85.7 cm³/mol. The minimum atomic E-state index is -4.45. The molecule has 1 unspecified atom stereocenters. The van der Waals surface area contributed by atoms with Crippen molar-refractivity contribution in [1.82, 2.24) is 4.90 Å². The summed E-state index contributed by atoms with van der Waals surface area (Å²) in [4.78, 5) is 2.32. The Morgan fingerprint density at radius 1 is 1.42 bits per heavy atom. The molecule has 24 heavy (non-hydrogen) atoms. The third kappa shape index (κ3) is 5.11. The first-order chi connectivity index (χ1) is 11.3. The zero-order valence-electron chi connectivity index (χ0n) is 13.9. The van der Waals surface area contributed by atoms with E-state index in [2.05, 4.69) is 24.1 Å². The number of nitrogens with one attached hydrogen (secondary N) is 1. The summed E-state index contributed by atoms with van der Waals surface area (Å²) in [5.41, 5.74) is -0.434. The van der Waals surface area contributed by atoms with Crippen LogP contribution in [-0.4, -0.2) is 43.8 Å². The Morgan fingerprint density at radius 2 is 2.17 bits per heavy atom. The first-order valence-electron chi connectivity index (χ1n) is 7.98. The molecule has 0 radical (unpaired) electrons. The number of alkyl halides is 3. The van der Waals surface area contributed by atoms with Gasteiger partial charge in [-0.15, -0.1) is 0 Å². The lowest BCUT2D eigenvalue weighted by atomic mass is 10.1. The smallest absolute Gasteiger partial charge is 0.381 e. The van der Waals surface area contributed by atoms with Crippen molar-refractivity contribution in [3.05, 3.63) is 29.3 Å². The number of halogens is 3. The monoisotopic (exact) mass is 341 g/mol. The fraction of sp³-hybridized carbons (Fsp3) is 0.588. The lowest BCUT2D eigenvalue weighted by Crippen LogP contribution is -2.46. The number of ether oxygens (including phenoxy) is 1. The number of hydrogen-bond donors (Lipinski definition) is 1. The van der Waals surface area contributed by atoms with Gasteiger partial charge in [0.1, 0.15) is 6.07 Å². The summed E-state index contributed by atoms with van der Waals surface area (Å²) in [7, 11) is 0. The first-order valence-corrected chi connectivity index (χ1v) is 7.98. The minimum Gasteiger partial charge on any atom is -0.381 e. The summed E-state index contributed by atoms with van der Waals surface area (Å²) >= 11 is 0. The van der Waals surface area contributed by atoms with Gasteiger partial charge in [-0.25, -0.2) is 0 Å². The third-order valence-electron chi connectivity index (χ3n) is 3.83. The van der Waals surface area contributed by atoms with Crippen molar-refractivity contribution >= 4 is 5.69 Å². The van der Waals surface area contributed by atoms with Gasteiger partial charge in [0.25, 0.3) is 0 Å². The second-order valence-corrected chi connectivity index (χ2v) is 6.40. The Morgan fingerprint density at radius 3 is 2.79 bits per heavy atom. The number of hydrogen-bond acceptors (Lipinski definition) is 4. The molecule has 1 saturated heterocycles. The van der Waals surface area contributed by atoms with Crippen LogP contribution in [0.4, 0.5) is 18.9 Å². The number of rotatable bonds is 5. The zero-order chi connectivity index (χ0) is 17.7. The van der Waals surface area contributed by atoms with Crippen LogP contribution >= 0.6 is 0 Å². The van der Waals surface area contributed by atoms with Crippen molar-refractivity contribution in [1.29, 1.82) is 5.26 Å². The van der Waals surface area contributed by atoms with Crippen LogP contribution in [0.2, 0.25) is 0 Å². The molecule has 132 valence electrons. The Labute approximate surface area is 140 Å². The second-order valence-electron chi connectivity index (χ2n) is 6.40. The zero-order valence-corrected chi connectivity index (χ0v) is 13.9. The average molecular weight is 341 g/mol. The van der Waals surface area contributed by atoms with Crippen LogP contribution in [0.1, 0.15) is 25.0 Å². The van der Waals surface area contributed by atoms with Crippen LogP contribution in [0.3, 0.4) is 0 Å². The maximum absolute atomic E-state index is 12.7. The molecule has 1 fully saturated rings. The summed E-state index contributed by atoms with van der Waals surface area (Å²) in [6.45, 7) is 8.05. The van der Waals surface area contributed by atoms with E-state index in [9.17, 15) is 13.2 Å². The summed E-state index contributed by atoms with van der Waals surface area (Å²) in [6.07, 6.45) is -4.50. The molecule has 4 nitrogen and oxygen atoms in total. The molecule has 7 heteroatoms. The first kappa shape index (κ1) is 18.6. The topological polar surface area (TPSA) is 48.3 Å². The van der Waals surface area contributed by atoms with Crippen molar-refractivity contribution in [3.8, 4) is 6.07 Å². The molecule has 0 spiro atoms. The highest BCUT2D eigenvalue weighted by atomic mass is 19.4. The van der Waals surface area contributed by atoms with Gasteiger partial charge < -0.3 is 10.1 Å². The summed E-state index contributed by atoms with van der Waals surface area (Å²) in [5.74, 6) is 0.566. The molecule has 0 bridgehead atoms. The standard InChI is InChI=1S/C17H22F3N3O/c1-12(2)10-23-5-6-24-15(11-23)9-22-16-4-3-14(17(18,19)20)7-13(16)8-21/h3-4,7,12,15,22H,5-6,9-11H2,1-2H3. The van der Waals surface area contributed by atoms with Gasteiger partial charge in [0.05, 0.1) is 29.5 Å². The fourth-order valence-electron chi connectivity index (χ4n) is 2.78. The third-order valence-corrected chi connectivity index (χ3v) is 3.83. The Bertz CT molecular complexity index is 596. The molecular weight excluding hydrogens is 319 g/mol. The molecule has 1 atom stereocenters. The maximum atomic E-state index is 12.7. The van der Waals surface area contributed by atoms with E-state index in [1.165, 1.54) is 6.07 Å². The van der Waals surface area contributed by atoms with E-state index in [4.69, 9.17) is 10.00 Å². The van der Waals surface area contributed by atoms with Gasteiger partial charge in [-0.05, 0) is 24.1 Å². The van der Waals surface area contributed by atoms with Gasteiger partial charge in [-0.2, -0.15) is 18.4 Å². The van der Waals surface area contributed by atoms with Crippen LogP contribution in [0.15, 0.2) is 18.2 Å². The van der Waals surface area contributed by atoms with E-state index in [0.29, 0.717) is 24.8 Å². The Kier molecular flexibility index (Phi) is 6.08. The molecule has 0 aromatic heterocycles. The van der Waals surface area contributed by atoms with Crippen LogP contribution in [0.5, 0.6) is 0 Å². The van der Waals surface area contributed by atoms with E-state index < -0.39 is 11.7 Å². The number of nitrogens with zero attached hydrogens (tertiary/aromatic N) is 2. The van der Waals surface area contributed by atoms with Gasteiger partial charge in [-0.1, -0.05) is 13.8 Å². The number of morpholine rings is 1. The van der Waals surface area contributed by atoms with Crippen molar-refractivity contribution < 1.29 is 17.9 Å². The van der Waals surface area contributed by atoms with E-state index in [1.807, 2.05) is 6.07 Å². The SMILES string of the molecule is CC(C)CN1CCOC(CNc2ccc(C(F)(F)F)cc2C#N)C1. The van der Waals surface area contributed by atoms with Gasteiger partial charge in [0, 0.05) is 26.2 Å². The largest absolute Gasteiger partial charge is 0.416 e. The lowest BCUT2D eigenvalue weighted by molar-refractivity contribution is -0.137. The number of anilines is 1. The van der Waals surface area contributed by atoms with Gasteiger partial charge in [-0.3, -0.25) is 4.90 Å². The molecule has 0 saturated carbocycles. The summed E-state index contributed by atoms with van der Waals surface area (Å²) < 4.78 is 43.8. The lowest BCUT2D eigenvalue weighted by Gasteiger charge is -2.34. The van der Waals surface area contributed by atoms with Crippen molar-refractivity contribution in [3.63, 3.8) is 0 Å². The highest BCUT2D eigenvalue weighted by molar-refractivity contribution is 5.59. The number of benzene rings is 1. The molecular formula is C17H22F3N3O. The normalized spacial score (nSPS) is 19.3. The van der Waals surface area contributed by atoms with Crippen molar-refractivity contribution in [2.75, 3.05) is 38.1 Å². The maximum Gasteiger partial charge on any atom is 0.416 e. The molecule has 1 aromatic carbocycles. The summed E-state index contributed by atoms with van der Waals surface area (Å²) in [6, 6.07) is 4.97. The molecule has 1 heterocycles. The van der Waals surface area contributed by atoms with Crippen LogP contribution < -0.4 is 5.32 Å².